The van der Waals surface area contributed by atoms with E-state index < -0.39 is 0 Å². The van der Waals surface area contributed by atoms with Gasteiger partial charge in [0.05, 0.1) is 26.0 Å². The van der Waals surface area contributed by atoms with Gasteiger partial charge in [-0.1, -0.05) is 6.92 Å². The number of amides is 1. The van der Waals surface area contributed by atoms with Crippen LogP contribution in [0.25, 0.3) is 0 Å². The summed E-state index contributed by atoms with van der Waals surface area (Å²) in [5.41, 5.74) is 0. The molecule has 0 saturated heterocycles. The maximum Gasteiger partial charge on any atom is 0.294 e. The van der Waals surface area contributed by atoms with Crippen molar-refractivity contribution in [2.24, 2.45) is 4.99 Å². The van der Waals surface area contributed by atoms with Crippen molar-refractivity contribution in [2.75, 3.05) is 26.9 Å². The summed E-state index contributed by atoms with van der Waals surface area (Å²) in [7, 11) is 1.59. The molecule has 0 aliphatic rings. The average Bonchev–Trinajstić information content (AvgIpc) is 2.89. The highest BCUT2D eigenvalue weighted by Crippen LogP contribution is 1.99. The van der Waals surface area contributed by atoms with Crippen LogP contribution in [-0.2, 0) is 9.47 Å². The second-order valence-corrected chi connectivity index (χ2v) is 3.46. The third-order valence-corrected chi connectivity index (χ3v) is 1.96. The highest BCUT2D eigenvalue weighted by Gasteiger charge is 2.11. The van der Waals surface area contributed by atoms with Gasteiger partial charge in [-0.05, 0) is 18.6 Å². The van der Waals surface area contributed by atoms with E-state index in [0.29, 0.717) is 19.8 Å². The molecule has 0 aromatic carbocycles. The molecular formula is C12H18N2O4. The molecule has 0 radical (unpaired) electrons. The van der Waals surface area contributed by atoms with Crippen LogP contribution in [0.2, 0.25) is 0 Å². The number of methoxy groups -OCH3 is 1. The highest BCUT2D eigenvalue weighted by molar-refractivity contribution is 6.02. The zero-order valence-corrected chi connectivity index (χ0v) is 10.6. The molecule has 0 bridgehead atoms. The molecule has 1 aromatic heterocycles. The van der Waals surface area contributed by atoms with Crippen molar-refractivity contribution >= 4 is 11.9 Å². The lowest BCUT2D eigenvalue weighted by atomic mass is 10.4. The van der Waals surface area contributed by atoms with Gasteiger partial charge >= 0.3 is 0 Å². The Balaban J connectivity index is 2.54. The van der Waals surface area contributed by atoms with Crippen molar-refractivity contribution < 1.29 is 18.7 Å². The van der Waals surface area contributed by atoms with E-state index in [1.54, 1.807) is 19.2 Å². The van der Waals surface area contributed by atoms with Gasteiger partial charge in [-0.15, -0.1) is 0 Å². The number of aliphatic imine (C=N–C) groups is 1. The van der Waals surface area contributed by atoms with Crippen molar-refractivity contribution in [1.82, 2.24) is 5.32 Å². The minimum atomic E-state index is -0.382. The number of carbonyl (C=O) groups is 1. The highest BCUT2D eigenvalue weighted by atomic mass is 16.5. The Labute approximate surface area is 106 Å². The van der Waals surface area contributed by atoms with E-state index >= 15 is 0 Å². The molecule has 1 rings (SSSR count). The van der Waals surface area contributed by atoms with Gasteiger partial charge in [0.1, 0.15) is 0 Å². The van der Waals surface area contributed by atoms with Crippen molar-refractivity contribution in [3.8, 4) is 0 Å². The largest absolute Gasteiger partial charge is 0.465 e. The van der Waals surface area contributed by atoms with E-state index in [1.807, 2.05) is 6.92 Å². The minimum Gasteiger partial charge on any atom is -0.465 e. The Hall–Kier alpha value is -1.82. The number of hydrogen-bond donors (Lipinski definition) is 1. The lowest BCUT2D eigenvalue weighted by Gasteiger charge is -2.08. The summed E-state index contributed by atoms with van der Waals surface area (Å²) in [4.78, 5) is 15.8. The van der Waals surface area contributed by atoms with E-state index in [9.17, 15) is 4.79 Å². The number of nitrogens with one attached hydrogen (secondary N) is 1. The van der Waals surface area contributed by atoms with Crippen LogP contribution in [0.3, 0.4) is 0 Å². The van der Waals surface area contributed by atoms with E-state index in [-0.39, 0.29) is 17.7 Å². The summed E-state index contributed by atoms with van der Waals surface area (Å²) in [6.07, 6.45) is 2.27. The van der Waals surface area contributed by atoms with Gasteiger partial charge in [0, 0.05) is 7.11 Å². The molecule has 6 heteroatoms. The lowest BCUT2D eigenvalue weighted by molar-refractivity contribution is 0.0937. The van der Waals surface area contributed by atoms with E-state index in [1.165, 1.54) is 6.26 Å². The topological polar surface area (TPSA) is 73.1 Å². The fraction of sp³-hybridized carbons (Fsp3) is 0.500. The Kier molecular flexibility index (Phi) is 6.56. The Morgan fingerprint density at radius 3 is 2.94 bits per heavy atom. The van der Waals surface area contributed by atoms with Crippen molar-refractivity contribution in [1.29, 1.82) is 0 Å². The van der Waals surface area contributed by atoms with Crippen molar-refractivity contribution in [3.63, 3.8) is 0 Å². The Bertz CT molecular complexity index is 373. The van der Waals surface area contributed by atoms with Crippen LogP contribution in [0, 0.1) is 0 Å². The first-order chi connectivity index (χ1) is 8.77. The first-order valence-electron chi connectivity index (χ1n) is 5.79. The molecule has 1 N–H and O–H groups in total. The molecule has 0 spiro atoms. The predicted molar refractivity (Wildman–Crippen MR) is 66.6 cm³/mol. The average molecular weight is 254 g/mol. The number of amidine groups is 1. The molecule has 0 fully saturated rings. The normalized spacial score (nSPS) is 11.3. The lowest BCUT2D eigenvalue weighted by Crippen LogP contribution is -2.33. The third kappa shape index (κ3) is 5.01. The number of rotatable bonds is 6. The molecule has 0 atom stereocenters. The molecule has 1 aromatic rings. The SMILES string of the molecule is CCCOC(=NCCOC)NC(=O)c1ccco1. The number of furan rings is 1. The Morgan fingerprint density at radius 1 is 1.50 bits per heavy atom. The van der Waals surface area contributed by atoms with E-state index in [4.69, 9.17) is 13.9 Å². The smallest absolute Gasteiger partial charge is 0.294 e. The molecule has 0 aliphatic heterocycles. The van der Waals surface area contributed by atoms with Gasteiger partial charge in [-0.25, -0.2) is 4.99 Å². The first kappa shape index (κ1) is 14.2. The molecule has 0 unspecified atom stereocenters. The zero-order chi connectivity index (χ0) is 13.2. The molecule has 0 aliphatic carbocycles. The van der Waals surface area contributed by atoms with Crippen LogP contribution in [-0.4, -0.2) is 38.8 Å². The summed E-state index contributed by atoms with van der Waals surface area (Å²) in [6.45, 7) is 3.36. The molecule has 18 heavy (non-hydrogen) atoms. The number of ether oxygens (including phenoxy) is 2. The predicted octanol–water partition coefficient (Wildman–Crippen LogP) is 1.44. The second-order valence-electron chi connectivity index (χ2n) is 3.46. The summed E-state index contributed by atoms with van der Waals surface area (Å²) >= 11 is 0. The number of carbonyl (C=O) groups excluding carboxylic acids is 1. The number of nitrogens with zero attached hydrogens (tertiary/aromatic N) is 1. The fourth-order valence-corrected chi connectivity index (χ4v) is 1.12. The zero-order valence-electron chi connectivity index (χ0n) is 10.6. The van der Waals surface area contributed by atoms with Gasteiger partial charge < -0.3 is 13.9 Å². The van der Waals surface area contributed by atoms with Gasteiger partial charge in [0.2, 0.25) is 0 Å². The fourth-order valence-electron chi connectivity index (χ4n) is 1.12. The van der Waals surface area contributed by atoms with E-state index in [2.05, 4.69) is 10.3 Å². The third-order valence-electron chi connectivity index (χ3n) is 1.96. The summed E-state index contributed by atoms with van der Waals surface area (Å²) < 4.78 is 15.2. The molecular weight excluding hydrogens is 236 g/mol. The summed E-state index contributed by atoms with van der Waals surface area (Å²) in [5, 5.41) is 2.55. The molecule has 1 amide bonds. The van der Waals surface area contributed by atoms with Gasteiger partial charge in [0.15, 0.2) is 5.76 Å². The molecule has 1 heterocycles. The minimum absolute atomic E-state index is 0.190. The van der Waals surface area contributed by atoms with Crippen LogP contribution in [0.1, 0.15) is 23.9 Å². The maximum atomic E-state index is 11.7. The van der Waals surface area contributed by atoms with Gasteiger partial charge in [-0.2, -0.15) is 0 Å². The summed E-state index contributed by atoms with van der Waals surface area (Å²) in [6, 6.07) is 3.40. The van der Waals surface area contributed by atoms with E-state index in [0.717, 1.165) is 6.42 Å². The summed E-state index contributed by atoms with van der Waals surface area (Å²) in [5.74, 6) is -0.165. The molecule has 6 nitrogen and oxygen atoms in total. The Morgan fingerprint density at radius 2 is 2.33 bits per heavy atom. The number of hydrogen-bond acceptors (Lipinski definition) is 5. The van der Waals surface area contributed by atoms with Crippen LogP contribution in [0.15, 0.2) is 27.8 Å². The second kappa shape index (κ2) is 8.30. The molecule has 100 valence electrons. The monoisotopic (exact) mass is 254 g/mol. The van der Waals surface area contributed by atoms with Crippen molar-refractivity contribution in [2.45, 2.75) is 13.3 Å². The van der Waals surface area contributed by atoms with Crippen molar-refractivity contribution in [3.05, 3.63) is 24.2 Å². The van der Waals surface area contributed by atoms with Crippen LogP contribution in [0.5, 0.6) is 0 Å². The maximum absolute atomic E-state index is 11.7. The van der Waals surface area contributed by atoms with Crippen LogP contribution in [0.4, 0.5) is 0 Å². The van der Waals surface area contributed by atoms with Gasteiger partial charge in [-0.3, -0.25) is 10.1 Å². The van der Waals surface area contributed by atoms with Crippen LogP contribution >= 0.6 is 0 Å². The quantitative estimate of drug-likeness (QED) is 0.473. The van der Waals surface area contributed by atoms with Gasteiger partial charge in [0.25, 0.3) is 11.9 Å². The van der Waals surface area contributed by atoms with Crippen LogP contribution < -0.4 is 5.32 Å². The molecule has 0 saturated carbocycles. The standard InChI is InChI=1S/C12H18N2O4/c1-3-7-18-12(13-6-9-16-2)14-11(15)10-5-4-8-17-10/h4-5,8H,3,6-7,9H2,1-2H3,(H,13,14,15). The first-order valence-corrected chi connectivity index (χ1v) is 5.79.